The number of hydrogen-bond donors (Lipinski definition) is 0. The molecule has 0 aliphatic heterocycles. The van der Waals surface area contributed by atoms with E-state index in [0.29, 0.717) is 30.0 Å². The SMILES string of the molecule is CCCN(Cc1ccc(C#N)cc1)C(=O)COc1ccccc1C#N. The summed E-state index contributed by atoms with van der Waals surface area (Å²) >= 11 is 0. The third-order valence-corrected chi connectivity index (χ3v) is 3.66. The number of nitrogens with zero attached hydrogens (tertiary/aromatic N) is 3. The molecule has 0 N–H and O–H groups in total. The summed E-state index contributed by atoms with van der Waals surface area (Å²) in [6, 6.07) is 18.1. The molecule has 0 heterocycles. The number of para-hydroxylation sites is 1. The molecular weight excluding hydrogens is 314 g/mol. The number of nitriles is 2. The maximum Gasteiger partial charge on any atom is 0.260 e. The van der Waals surface area contributed by atoms with Gasteiger partial charge in [0.05, 0.1) is 17.2 Å². The summed E-state index contributed by atoms with van der Waals surface area (Å²) in [7, 11) is 0. The Morgan fingerprint density at radius 3 is 2.44 bits per heavy atom. The van der Waals surface area contributed by atoms with Crippen molar-refractivity contribution >= 4 is 5.91 Å². The highest BCUT2D eigenvalue weighted by atomic mass is 16.5. The highest BCUT2D eigenvalue weighted by Gasteiger charge is 2.15. The van der Waals surface area contributed by atoms with Gasteiger partial charge in [0.2, 0.25) is 0 Å². The van der Waals surface area contributed by atoms with Crippen molar-refractivity contribution in [2.45, 2.75) is 19.9 Å². The summed E-state index contributed by atoms with van der Waals surface area (Å²) in [6.07, 6.45) is 0.830. The van der Waals surface area contributed by atoms with Gasteiger partial charge in [0.25, 0.3) is 5.91 Å². The van der Waals surface area contributed by atoms with Gasteiger partial charge in [-0.05, 0) is 36.2 Å². The molecule has 126 valence electrons. The molecule has 0 saturated carbocycles. The lowest BCUT2D eigenvalue weighted by atomic mass is 10.1. The van der Waals surface area contributed by atoms with Crippen LogP contribution in [-0.4, -0.2) is 24.0 Å². The van der Waals surface area contributed by atoms with Crippen LogP contribution in [0.2, 0.25) is 0 Å². The second-order valence-electron chi connectivity index (χ2n) is 5.52. The van der Waals surface area contributed by atoms with Gasteiger partial charge in [0.1, 0.15) is 11.8 Å². The summed E-state index contributed by atoms with van der Waals surface area (Å²) in [6.45, 7) is 2.96. The van der Waals surface area contributed by atoms with Crippen LogP contribution in [-0.2, 0) is 11.3 Å². The molecular formula is C20H19N3O2. The topological polar surface area (TPSA) is 77.1 Å². The standard InChI is InChI=1S/C20H19N3O2/c1-2-11-23(14-17-9-7-16(12-21)8-10-17)20(24)15-25-19-6-4-3-5-18(19)13-22/h3-10H,2,11,14-15H2,1H3. The smallest absolute Gasteiger partial charge is 0.260 e. The van der Waals surface area contributed by atoms with Crippen molar-refractivity contribution in [2.24, 2.45) is 0 Å². The number of amides is 1. The van der Waals surface area contributed by atoms with E-state index in [1.165, 1.54) is 0 Å². The van der Waals surface area contributed by atoms with Gasteiger partial charge in [0, 0.05) is 13.1 Å². The molecule has 0 aliphatic rings. The molecule has 0 radical (unpaired) electrons. The second kappa shape index (κ2) is 9.10. The Bertz CT molecular complexity index is 801. The molecule has 1 amide bonds. The molecule has 0 saturated heterocycles. The van der Waals surface area contributed by atoms with Gasteiger partial charge in [-0.15, -0.1) is 0 Å². The van der Waals surface area contributed by atoms with Crippen molar-refractivity contribution in [3.05, 3.63) is 65.2 Å². The monoisotopic (exact) mass is 333 g/mol. The van der Waals surface area contributed by atoms with Crippen LogP contribution in [0.1, 0.15) is 30.0 Å². The van der Waals surface area contributed by atoms with E-state index in [-0.39, 0.29) is 12.5 Å². The van der Waals surface area contributed by atoms with Crippen LogP contribution in [0.4, 0.5) is 0 Å². The maximum absolute atomic E-state index is 12.5. The Hall–Kier alpha value is -3.31. The zero-order valence-electron chi connectivity index (χ0n) is 14.1. The third kappa shape index (κ3) is 5.09. The second-order valence-corrected chi connectivity index (χ2v) is 5.52. The highest BCUT2D eigenvalue weighted by molar-refractivity contribution is 5.77. The predicted octanol–water partition coefficient (Wildman–Crippen LogP) is 3.25. The normalized spacial score (nSPS) is 9.72. The van der Waals surface area contributed by atoms with Gasteiger partial charge in [-0.25, -0.2) is 0 Å². The Morgan fingerprint density at radius 2 is 1.80 bits per heavy atom. The zero-order valence-corrected chi connectivity index (χ0v) is 14.1. The van der Waals surface area contributed by atoms with Crippen LogP contribution in [0.15, 0.2) is 48.5 Å². The van der Waals surface area contributed by atoms with E-state index < -0.39 is 0 Å². The molecule has 0 atom stereocenters. The predicted molar refractivity (Wildman–Crippen MR) is 93.5 cm³/mol. The van der Waals surface area contributed by atoms with E-state index in [2.05, 4.69) is 6.07 Å². The highest BCUT2D eigenvalue weighted by Crippen LogP contribution is 2.17. The van der Waals surface area contributed by atoms with Gasteiger partial charge in [0.15, 0.2) is 6.61 Å². The van der Waals surface area contributed by atoms with Crippen molar-refractivity contribution in [2.75, 3.05) is 13.2 Å². The molecule has 2 aromatic rings. The quantitative estimate of drug-likeness (QED) is 0.779. The molecule has 0 aliphatic carbocycles. The van der Waals surface area contributed by atoms with Crippen LogP contribution in [0.3, 0.4) is 0 Å². The Labute approximate surface area is 147 Å². The summed E-state index contributed by atoms with van der Waals surface area (Å²) in [5.41, 5.74) is 1.95. The molecule has 2 rings (SSSR count). The summed E-state index contributed by atoms with van der Waals surface area (Å²) in [5.74, 6) is 0.270. The first-order chi connectivity index (χ1) is 12.2. The summed E-state index contributed by atoms with van der Waals surface area (Å²) < 4.78 is 5.53. The van der Waals surface area contributed by atoms with Gasteiger partial charge < -0.3 is 9.64 Å². The zero-order chi connectivity index (χ0) is 18.1. The minimum absolute atomic E-state index is 0.116. The van der Waals surface area contributed by atoms with E-state index >= 15 is 0 Å². The minimum Gasteiger partial charge on any atom is -0.482 e. The van der Waals surface area contributed by atoms with E-state index in [4.69, 9.17) is 15.3 Å². The van der Waals surface area contributed by atoms with Gasteiger partial charge in [-0.2, -0.15) is 10.5 Å². The Morgan fingerprint density at radius 1 is 1.08 bits per heavy atom. The third-order valence-electron chi connectivity index (χ3n) is 3.66. The number of carbonyl (C=O) groups is 1. The molecule has 0 fully saturated rings. The average Bonchev–Trinajstić information content (AvgIpc) is 2.66. The van der Waals surface area contributed by atoms with E-state index in [1.54, 1.807) is 41.3 Å². The molecule has 2 aromatic carbocycles. The van der Waals surface area contributed by atoms with Gasteiger partial charge in [-0.3, -0.25) is 4.79 Å². The first-order valence-corrected chi connectivity index (χ1v) is 8.06. The van der Waals surface area contributed by atoms with Gasteiger partial charge in [-0.1, -0.05) is 31.2 Å². The van der Waals surface area contributed by atoms with Crippen molar-refractivity contribution in [1.82, 2.24) is 4.90 Å². The fourth-order valence-corrected chi connectivity index (χ4v) is 2.38. The number of hydrogen-bond acceptors (Lipinski definition) is 4. The molecule has 5 heteroatoms. The van der Waals surface area contributed by atoms with Crippen molar-refractivity contribution < 1.29 is 9.53 Å². The first kappa shape index (κ1) is 18.0. The summed E-state index contributed by atoms with van der Waals surface area (Å²) in [5, 5.41) is 17.9. The molecule has 0 aromatic heterocycles. The van der Waals surface area contributed by atoms with Gasteiger partial charge >= 0.3 is 0 Å². The lowest BCUT2D eigenvalue weighted by Gasteiger charge is -2.22. The minimum atomic E-state index is -0.140. The molecule has 25 heavy (non-hydrogen) atoms. The number of carbonyl (C=O) groups excluding carboxylic acids is 1. The van der Waals surface area contributed by atoms with Crippen LogP contribution < -0.4 is 4.74 Å². The van der Waals surface area contributed by atoms with Crippen LogP contribution in [0, 0.1) is 22.7 Å². The first-order valence-electron chi connectivity index (χ1n) is 8.06. The van der Waals surface area contributed by atoms with Crippen LogP contribution in [0.25, 0.3) is 0 Å². The lowest BCUT2D eigenvalue weighted by molar-refractivity contribution is -0.134. The van der Waals surface area contributed by atoms with Crippen molar-refractivity contribution in [3.8, 4) is 17.9 Å². The lowest BCUT2D eigenvalue weighted by Crippen LogP contribution is -2.35. The van der Waals surface area contributed by atoms with E-state index in [0.717, 1.165) is 12.0 Å². The molecule has 0 unspecified atom stereocenters. The van der Waals surface area contributed by atoms with E-state index in [1.807, 2.05) is 25.1 Å². The Kier molecular flexibility index (Phi) is 6.56. The largest absolute Gasteiger partial charge is 0.482 e. The number of ether oxygens (including phenoxy) is 1. The fourth-order valence-electron chi connectivity index (χ4n) is 2.38. The van der Waals surface area contributed by atoms with Crippen molar-refractivity contribution in [3.63, 3.8) is 0 Å². The Balaban J connectivity index is 2.02. The average molecular weight is 333 g/mol. The van der Waals surface area contributed by atoms with Crippen LogP contribution in [0.5, 0.6) is 5.75 Å². The fraction of sp³-hybridized carbons (Fsp3) is 0.250. The molecule has 0 spiro atoms. The molecule has 0 bridgehead atoms. The number of rotatable bonds is 7. The van der Waals surface area contributed by atoms with Crippen LogP contribution >= 0.6 is 0 Å². The van der Waals surface area contributed by atoms with E-state index in [9.17, 15) is 4.79 Å². The number of benzene rings is 2. The molecule has 5 nitrogen and oxygen atoms in total. The maximum atomic E-state index is 12.5. The van der Waals surface area contributed by atoms with Crippen molar-refractivity contribution in [1.29, 1.82) is 10.5 Å². The summed E-state index contributed by atoms with van der Waals surface area (Å²) in [4.78, 5) is 14.2.